The maximum absolute atomic E-state index is 13.2. The van der Waals surface area contributed by atoms with Crippen LogP contribution in [-0.2, 0) is 22.6 Å². The van der Waals surface area contributed by atoms with Crippen LogP contribution in [-0.4, -0.2) is 28.8 Å². The summed E-state index contributed by atoms with van der Waals surface area (Å²) in [5.74, 6) is 0.238. The summed E-state index contributed by atoms with van der Waals surface area (Å²) in [6, 6.07) is 13.1. The fraction of sp³-hybridized carbons (Fsp3) is 0.462. The second-order valence-electron chi connectivity index (χ2n) is 8.66. The zero-order chi connectivity index (χ0) is 23.8. The number of hydrogen-bond acceptors (Lipinski definition) is 2. The first kappa shape index (κ1) is 26.2. The molecule has 0 aliphatic heterocycles. The summed E-state index contributed by atoms with van der Waals surface area (Å²) in [7, 11) is 0. The van der Waals surface area contributed by atoms with Crippen LogP contribution >= 0.6 is 23.2 Å². The maximum Gasteiger partial charge on any atom is 0.242 e. The third-order valence-electron chi connectivity index (χ3n) is 5.78. The highest BCUT2D eigenvalue weighted by Gasteiger charge is 2.26. The Kier molecular flexibility index (Phi) is 10.0. The first-order chi connectivity index (χ1) is 15.1. The monoisotopic (exact) mass is 476 g/mol. The van der Waals surface area contributed by atoms with Crippen molar-refractivity contribution >= 4 is 35.0 Å². The van der Waals surface area contributed by atoms with Gasteiger partial charge in [-0.05, 0) is 61.4 Å². The quantitative estimate of drug-likeness (QED) is 0.432. The summed E-state index contributed by atoms with van der Waals surface area (Å²) in [5, 5.41) is 3.87. The summed E-state index contributed by atoms with van der Waals surface area (Å²) >= 11 is 12.2. The van der Waals surface area contributed by atoms with Crippen molar-refractivity contribution in [1.82, 2.24) is 10.2 Å². The number of rotatable bonds is 10. The second kappa shape index (κ2) is 12.3. The Hall–Kier alpha value is -2.04. The van der Waals surface area contributed by atoms with E-state index in [0.717, 1.165) is 17.5 Å². The van der Waals surface area contributed by atoms with Crippen molar-refractivity contribution in [2.75, 3.05) is 0 Å². The number of carbonyl (C=O) groups is 2. The molecule has 6 heteroatoms. The summed E-state index contributed by atoms with van der Waals surface area (Å²) in [6.45, 7) is 10.3. The molecular formula is C26H34Cl2N2O2. The summed E-state index contributed by atoms with van der Waals surface area (Å²) in [6.07, 6.45) is 1.77. The molecule has 0 unspecified atom stereocenters. The van der Waals surface area contributed by atoms with Gasteiger partial charge in [0.15, 0.2) is 0 Å². The van der Waals surface area contributed by atoms with E-state index >= 15 is 0 Å². The first-order valence-corrected chi connectivity index (χ1v) is 12.0. The molecule has 1 N–H and O–H groups in total. The summed E-state index contributed by atoms with van der Waals surface area (Å²) in [5.41, 5.74) is 3.21. The number of aryl methyl sites for hydroxylation is 1. The third kappa shape index (κ3) is 7.53. The van der Waals surface area contributed by atoms with Crippen LogP contribution in [0.15, 0.2) is 42.5 Å². The van der Waals surface area contributed by atoms with Crippen molar-refractivity contribution in [2.24, 2.45) is 0 Å². The van der Waals surface area contributed by atoms with Crippen LogP contribution in [0.25, 0.3) is 0 Å². The Morgan fingerprint density at radius 3 is 2.12 bits per heavy atom. The summed E-state index contributed by atoms with van der Waals surface area (Å²) in [4.78, 5) is 27.7. The summed E-state index contributed by atoms with van der Waals surface area (Å²) < 4.78 is 0. The van der Waals surface area contributed by atoms with Gasteiger partial charge >= 0.3 is 0 Å². The Balaban J connectivity index is 2.16. The molecule has 2 amide bonds. The smallest absolute Gasteiger partial charge is 0.242 e. The van der Waals surface area contributed by atoms with E-state index in [4.69, 9.17) is 23.2 Å². The molecule has 0 aliphatic rings. The highest BCUT2D eigenvalue weighted by molar-refractivity contribution is 6.42. The van der Waals surface area contributed by atoms with Gasteiger partial charge in [0.2, 0.25) is 11.8 Å². The molecule has 0 radical (unpaired) electrons. The van der Waals surface area contributed by atoms with Gasteiger partial charge in [0, 0.05) is 19.0 Å². The van der Waals surface area contributed by atoms with Gasteiger partial charge in [-0.2, -0.15) is 0 Å². The largest absolute Gasteiger partial charge is 0.352 e. The molecular weight excluding hydrogens is 443 g/mol. The van der Waals surface area contributed by atoms with Crippen molar-refractivity contribution in [3.8, 4) is 0 Å². The number of benzene rings is 2. The van der Waals surface area contributed by atoms with Crippen LogP contribution in [0.3, 0.4) is 0 Å². The van der Waals surface area contributed by atoms with Gasteiger partial charge in [-0.15, -0.1) is 0 Å². The number of nitrogens with one attached hydrogen (secondary N) is 1. The zero-order valence-corrected chi connectivity index (χ0v) is 21.1. The number of halogens is 2. The van der Waals surface area contributed by atoms with Gasteiger partial charge in [-0.1, -0.05) is 74.3 Å². The fourth-order valence-electron chi connectivity index (χ4n) is 3.35. The molecule has 0 bridgehead atoms. The first-order valence-electron chi connectivity index (χ1n) is 11.2. The van der Waals surface area contributed by atoms with Gasteiger partial charge in [-0.3, -0.25) is 9.59 Å². The number of hydrogen-bond donors (Lipinski definition) is 1. The molecule has 2 aromatic carbocycles. The predicted molar refractivity (Wildman–Crippen MR) is 133 cm³/mol. The van der Waals surface area contributed by atoms with E-state index in [1.807, 2.05) is 19.9 Å². The van der Waals surface area contributed by atoms with Gasteiger partial charge in [0.1, 0.15) is 6.04 Å². The van der Waals surface area contributed by atoms with Crippen LogP contribution in [0.1, 0.15) is 70.1 Å². The molecule has 0 saturated carbocycles. The van der Waals surface area contributed by atoms with Crippen LogP contribution in [0.4, 0.5) is 0 Å². The van der Waals surface area contributed by atoms with Gasteiger partial charge in [0.25, 0.3) is 0 Å². The predicted octanol–water partition coefficient (Wildman–Crippen LogP) is 6.38. The normalized spacial score (nSPS) is 13.0. The molecule has 174 valence electrons. The fourth-order valence-corrected chi connectivity index (χ4v) is 3.67. The van der Waals surface area contributed by atoms with Gasteiger partial charge in [-0.25, -0.2) is 0 Å². The van der Waals surface area contributed by atoms with Crippen molar-refractivity contribution in [1.29, 1.82) is 0 Å². The number of amides is 2. The van der Waals surface area contributed by atoms with Crippen LogP contribution < -0.4 is 5.32 Å². The standard InChI is InChI=1S/C26H34Cl2N2O2/c1-6-18(4)29-26(32)19(5)30(16-21-9-13-23(27)24(28)15-21)25(31)14-10-20-7-11-22(12-8-20)17(2)3/h7-9,11-13,15,17-19H,6,10,14,16H2,1-5H3,(H,29,32)/t18-,19-/m0/s1. The van der Waals surface area contributed by atoms with E-state index in [1.54, 1.807) is 24.0 Å². The van der Waals surface area contributed by atoms with E-state index in [-0.39, 0.29) is 24.4 Å². The minimum Gasteiger partial charge on any atom is -0.352 e. The molecule has 2 aromatic rings. The minimum absolute atomic E-state index is 0.0475. The van der Waals surface area contributed by atoms with E-state index in [2.05, 4.69) is 43.4 Å². The highest BCUT2D eigenvalue weighted by Crippen LogP contribution is 2.24. The van der Waals surface area contributed by atoms with Crippen molar-refractivity contribution < 1.29 is 9.59 Å². The third-order valence-corrected chi connectivity index (χ3v) is 6.52. The van der Waals surface area contributed by atoms with E-state index in [1.165, 1.54) is 5.56 Å². The molecule has 4 nitrogen and oxygen atoms in total. The van der Waals surface area contributed by atoms with Crippen LogP contribution in [0.5, 0.6) is 0 Å². The molecule has 0 fully saturated rings. The second-order valence-corrected chi connectivity index (χ2v) is 9.47. The van der Waals surface area contributed by atoms with Crippen molar-refractivity contribution in [3.63, 3.8) is 0 Å². The van der Waals surface area contributed by atoms with Gasteiger partial charge in [0.05, 0.1) is 10.0 Å². The molecule has 0 spiro atoms. The average Bonchev–Trinajstić information content (AvgIpc) is 2.77. The molecule has 0 heterocycles. The Morgan fingerprint density at radius 1 is 0.938 bits per heavy atom. The lowest BCUT2D eigenvalue weighted by molar-refractivity contribution is -0.140. The molecule has 0 aromatic heterocycles. The lowest BCUT2D eigenvalue weighted by atomic mass is 10.00. The average molecular weight is 477 g/mol. The topological polar surface area (TPSA) is 49.4 Å². The molecule has 0 saturated heterocycles. The SMILES string of the molecule is CC[C@H](C)NC(=O)[C@H](C)N(Cc1ccc(Cl)c(Cl)c1)C(=O)CCc1ccc(C(C)C)cc1. The van der Waals surface area contributed by atoms with E-state index < -0.39 is 6.04 Å². The van der Waals surface area contributed by atoms with E-state index in [0.29, 0.717) is 28.8 Å². The van der Waals surface area contributed by atoms with E-state index in [9.17, 15) is 9.59 Å². The van der Waals surface area contributed by atoms with Gasteiger partial charge < -0.3 is 10.2 Å². The Bertz CT molecular complexity index is 913. The van der Waals surface area contributed by atoms with Crippen molar-refractivity contribution in [3.05, 3.63) is 69.2 Å². The maximum atomic E-state index is 13.2. The number of nitrogens with zero attached hydrogens (tertiary/aromatic N) is 1. The molecule has 32 heavy (non-hydrogen) atoms. The van der Waals surface area contributed by atoms with Crippen LogP contribution in [0.2, 0.25) is 10.0 Å². The highest BCUT2D eigenvalue weighted by atomic mass is 35.5. The molecule has 2 atom stereocenters. The Labute approximate surface area is 202 Å². The zero-order valence-electron chi connectivity index (χ0n) is 19.6. The van der Waals surface area contributed by atoms with Crippen molar-refractivity contribution in [2.45, 2.75) is 78.4 Å². The van der Waals surface area contributed by atoms with Crippen LogP contribution in [0, 0.1) is 0 Å². The number of carbonyl (C=O) groups excluding carboxylic acids is 2. The lowest BCUT2D eigenvalue weighted by Gasteiger charge is -2.30. The lowest BCUT2D eigenvalue weighted by Crippen LogP contribution is -2.49. The molecule has 2 rings (SSSR count). The minimum atomic E-state index is -0.603. The molecule has 0 aliphatic carbocycles. The Morgan fingerprint density at radius 2 is 1.56 bits per heavy atom.